The molecule has 0 atom stereocenters. The van der Waals surface area contributed by atoms with Crippen molar-refractivity contribution in [1.82, 2.24) is 4.90 Å². The lowest BCUT2D eigenvalue weighted by molar-refractivity contribution is -0.136. The minimum absolute atomic E-state index is 0. The van der Waals surface area contributed by atoms with Crippen LogP contribution >= 0.6 is 12.4 Å². The number of benzene rings is 1. The van der Waals surface area contributed by atoms with Crippen LogP contribution in [0.1, 0.15) is 19.3 Å². The number of nitrogens with one attached hydrogen (secondary N) is 1. The van der Waals surface area contributed by atoms with Crippen molar-refractivity contribution in [3.63, 3.8) is 0 Å². The van der Waals surface area contributed by atoms with E-state index < -0.39 is 0 Å². The molecule has 0 radical (unpaired) electrons. The monoisotopic (exact) mass is 327 g/mol. The van der Waals surface area contributed by atoms with Gasteiger partial charge in [-0.15, -0.1) is 12.4 Å². The summed E-state index contributed by atoms with van der Waals surface area (Å²) in [5, 5.41) is 2.71. The van der Waals surface area contributed by atoms with E-state index in [4.69, 9.17) is 15.2 Å². The number of ether oxygens (including phenoxy) is 2. The van der Waals surface area contributed by atoms with Crippen LogP contribution in [0.15, 0.2) is 12.1 Å². The van der Waals surface area contributed by atoms with Gasteiger partial charge in [0.25, 0.3) is 0 Å². The zero-order valence-electron chi connectivity index (χ0n) is 12.0. The lowest BCUT2D eigenvalue weighted by Gasteiger charge is -2.26. The molecule has 0 spiro atoms. The molecule has 3 rings (SSSR count). The molecule has 7 nitrogen and oxygen atoms in total. The minimum atomic E-state index is -0.268. The van der Waals surface area contributed by atoms with Crippen LogP contribution in [-0.2, 0) is 9.59 Å². The van der Waals surface area contributed by atoms with Gasteiger partial charge in [0.05, 0.1) is 17.9 Å². The molecule has 1 aromatic rings. The van der Waals surface area contributed by atoms with Gasteiger partial charge < -0.3 is 25.4 Å². The highest BCUT2D eigenvalue weighted by molar-refractivity contribution is 5.97. The van der Waals surface area contributed by atoms with Crippen LogP contribution in [0, 0.1) is 0 Å². The summed E-state index contributed by atoms with van der Waals surface area (Å²) in [4.78, 5) is 25.3. The van der Waals surface area contributed by atoms with E-state index >= 15 is 0 Å². The predicted octanol–water partition coefficient (Wildman–Crippen LogP) is 1.37. The molecule has 8 heteroatoms. The number of nitrogens with two attached hydrogens (primary N) is 1. The third-order valence-electron chi connectivity index (χ3n) is 3.57. The number of amides is 2. The molecular weight excluding hydrogens is 310 g/mol. The number of carbonyl (C=O) groups excluding carboxylic acids is 2. The van der Waals surface area contributed by atoms with Crippen molar-refractivity contribution < 1.29 is 19.1 Å². The summed E-state index contributed by atoms with van der Waals surface area (Å²) >= 11 is 0. The first-order chi connectivity index (χ1) is 10.1. The Labute approximate surface area is 134 Å². The Balaban J connectivity index is 0.00000176. The van der Waals surface area contributed by atoms with Crippen LogP contribution in [0.3, 0.4) is 0 Å². The second-order valence-corrected chi connectivity index (χ2v) is 5.11. The Morgan fingerprint density at radius 2 is 2.00 bits per heavy atom. The number of carbonyl (C=O) groups is 2. The van der Waals surface area contributed by atoms with Gasteiger partial charge in [0.1, 0.15) is 0 Å². The molecule has 120 valence electrons. The molecule has 2 aliphatic heterocycles. The minimum Gasteiger partial charge on any atom is -0.454 e. The number of fused-ring (bicyclic) bond motifs is 1. The first-order valence-electron chi connectivity index (χ1n) is 6.90. The van der Waals surface area contributed by atoms with Gasteiger partial charge in [-0.3, -0.25) is 9.59 Å². The first kappa shape index (κ1) is 16.2. The molecule has 2 aliphatic rings. The van der Waals surface area contributed by atoms with Crippen LogP contribution in [0.5, 0.6) is 11.5 Å². The van der Waals surface area contributed by atoms with E-state index in [9.17, 15) is 9.59 Å². The molecule has 2 amide bonds. The van der Waals surface area contributed by atoms with Gasteiger partial charge in [-0.2, -0.15) is 0 Å². The fraction of sp³-hybridized carbons (Fsp3) is 0.429. The number of nitrogens with zero attached hydrogens (tertiary/aromatic N) is 1. The molecule has 1 fully saturated rings. The smallest absolute Gasteiger partial charge is 0.244 e. The maximum absolute atomic E-state index is 12.0. The zero-order chi connectivity index (χ0) is 14.8. The summed E-state index contributed by atoms with van der Waals surface area (Å²) in [5.41, 5.74) is 6.74. The van der Waals surface area contributed by atoms with Gasteiger partial charge in [-0.1, -0.05) is 0 Å². The quantitative estimate of drug-likeness (QED) is 0.818. The van der Waals surface area contributed by atoms with Crippen molar-refractivity contribution in [2.45, 2.75) is 19.3 Å². The van der Waals surface area contributed by atoms with E-state index in [2.05, 4.69) is 5.32 Å². The van der Waals surface area contributed by atoms with E-state index in [-0.39, 0.29) is 37.6 Å². The Morgan fingerprint density at radius 1 is 1.27 bits per heavy atom. The van der Waals surface area contributed by atoms with Gasteiger partial charge in [0.2, 0.25) is 18.6 Å². The van der Waals surface area contributed by atoms with Crippen LogP contribution < -0.4 is 20.5 Å². The maximum Gasteiger partial charge on any atom is 0.244 e. The third kappa shape index (κ3) is 3.36. The van der Waals surface area contributed by atoms with Crippen molar-refractivity contribution in [3.8, 4) is 11.5 Å². The molecule has 3 N–H and O–H groups in total. The standard InChI is InChI=1S/C14H17N3O4.ClH/c15-9-5-11-12(21-8-20-11)6-10(9)16-13(18)7-17-4-2-1-3-14(17)19;/h5-6H,1-4,7-8,15H2,(H,16,18);1H. The first-order valence-corrected chi connectivity index (χ1v) is 6.90. The number of rotatable bonds is 3. The summed E-state index contributed by atoms with van der Waals surface area (Å²) < 4.78 is 10.5. The Bertz CT molecular complexity index is 594. The molecule has 0 aliphatic carbocycles. The van der Waals surface area contributed by atoms with E-state index in [0.29, 0.717) is 35.8 Å². The molecular formula is C14H18ClN3O4. The number of halogens is 1. The average molecular weight is 328 g/mol. The summed E-state index contributed by atoms with van der Waals surface area (Å²) in [6.07, 6.45) is 2.34. The molecule has 1 aromatic carbocycles. The van der Waals surface area contributed by atoms with Crippen LogP contribution in [0.25, 0.3) is 0 Å². The SMILES string of the molecule is Cl.Nc1cc2c(cc1NC(=O)CN1CCCCC1=O)OCO2. The van der Waals surface area contributed by atoms with Gasteiger partial charge in [0.15, 0.2) is 11.5 Å². The second kappa shape index (κ2) is 6.74. The van der Waals surface area contributed by atoms with Gasteiger partial charge in [-0.25, -0.2) is 0 Å². The van der Waals surface area contributed by atoms with Crippen molar-refractivity contribution >= 4 is 35.6 Å². The number of piperidine rings is 1. The van der Waals surface area contributed by atoms with Crippen molar-refractivity contribution in [2.24, 2.45) is 0 Å². The summed E-state index contributed by atoms with van der Waals surface area (Å²) in [5.74, 6) is 0.871. The summed E-state index contributed by atoms with van der Waals surface area (Å²) in [6.45, 7) is 0.823. The molecule has 0 saturated carbocycles. The Hall–Kier alpha value is -2.15. The van der Waals surface area contributed by atoms with E-state index in [0.717, 1.165) is 12.8 Å². The zero-order valence-corrected chi connectivity index (χ0v) is 12.8. The molecule has 1 saturated heterocycles. The van der Waals surface area contributed by atoms with E-state index in [1.807, 2.05) is 0 Å². The van der Waals surface area contributed by atoms with Crippen molar-refractivity contribution in [3.05, 3.63) is 12.1 Å². The number of anilines is 2. The second-order valence-electron chi connectivity index (χ2n) is 5.11. The predicted molar refractivity (Wildman–Crippen MR) is 83.3 cm³/mol. The molecule has 22 heavy (non-hydrogen) atoms. The fourth-order valence-electron chi connectivity index (χ4n) is 2.46. The highest BCUT2D eigenvalue weighted by Crippen LogP contribution is 2.38. The van der Waals surface area contributed by atoms with Crippen LogP contribution in [0.4, 0.5) is 11.4 Å². The normalized spacial score (nSPS) is 16.2. The lowest BCUT2D eigenvalue weighted by Crippen LogP contribution is -2.40. The van der Waals surface area contributed by atoms with Crippen molar-refractivity contribution in [1.29, 1.82) is 0 Å². The third-order valence-corrected chi connectivity index (χ3v) is 3.57. The van der Waals surface area contributed by atoms with Crippen molar-refractivity contribution in [2.75, 3.05) is 30.9 Å². The molecule has 0 aromatic heterocycles. The largest absolute Gasteiger partial charge is 0.454 e. The molecule has 2 heterocycles. The Morgan fingerprint density at radius 3 is 2.73 bits per heavy atom. The number of hydrogen-bond acceptors (Lipinski definition) is 5. The van der Waals surface area contributed by atoms with Crippen LogP contribution in [0.2, 0.25) is 0 Å². The lowest BCUT2D eigenvalue weighted by atomic mass is 10.1. The van der Waals surface area contributed by atoms with Crippen LogP contribution in [-0.4, -0.2) is 36.6 Å². The number of likely N-dealkylation sites (tertiary alicyclic amines) is 1. The number of hydrogen-bond donors (Lipinski definition) is 2. The van der Waals surface area contributed by atoms with E-state index in [1.165, 1.54) is 0 Å². The topological polar surface area (TPSA) is 93.9 Å². The molecule has 0 unspecified atom stereocenters. The highest BCUT2D eigenvalue weighted by Gasteiger charge is 2.22. The highest BCUT2D eigenvalue weighted by atomic mass is 35.5. The Kier molecular flexibility index (Phi) is 4.97. The van der Waals surface area contributed by atoms with E-state index in [1.54, 1.807) is 17.0 Å². The summed E-state index contributed by atoms with van der Waals surface area (Å²) in [6, 6.07) is 3.25. The fourth-order valence-corrected chi connectivity index (χ4v) is 2.46. The molecule has 0 bridgehead atoms. The number of nitrogen functional groups attached to an aromatic ring is 1. The van der Waals surface area contributed by atoms with Gasteiger partial charge in [0, 0.05) is 25.1 Å². The maximum atomic E-state index is 12.0. The van der Waals surface area contributed by atoms with Gasteiger partial charge in [-0.05, 0) is 12.8 Å². The summed E-state index contributed by atoms with van der Waals surface area (Å²) in [7, 11) is 0. The average Bonchev–Trinajstić information content (AvgIpc) is 2.89. The van der Waals surface area contributed by atoms with Gasteiger partial charge >= 0.3 is 0 Å².